The highest BCUT2D eigenvalue weighted by Crippen LogP contribution is 2.38. The Morgan fingerprint density at radius 2 is 2.11 bits per heavy atom. The maximum atomic E-state index is 13.9. The number of hydrogen-bond acceptors (Lipinski definition) is 1. The maximum absolute atomic E-state index is 13.9. The van der Waals surface area contributed by atoms with E-state index in [0.29, 0.717) is 19.3 Å². The van der Waals surface area contributed by atoms with E-state index in [1.165, 1.54) is 6.07 Å². The number of halogens is 2. The summed E-state index contributed by atoms with van der Waals surface area (Å²) in [5.41, 5.74) is 2.45. The van der Waals surface area contributed by atoms with Crippen LogP contribution in [0.2, 0.25) is 10.3 Å². The first-order chi connectivity index (χ1) is 8.80. The Balaban J connectivity index is 2.33. The summed E-state index contributed by atoms with van der Waals surface area (Å²) in [4.78, 5) is 12.2. The molecule has 2 rings (SSSR count). The number of hydrogen-bond donors (Lipinski definition) is 0. The van der Waals surface area contributed by atoms with Gasteiger partial charge in [-0.1, -0.05) is 43.2 Å². The SMILES string of the molecule is CC1=C(Cc2cccc(Cl)c2F)C(=O)BC(C)(C)C1. The summed E-state index contributed by atoms with van der Waals surface area (Å²) in [7, 11) is 0.530. The lowest BCUT2D eigenvalue weighted by molar-refractivity contribution is -0.109. The van der Waals surface area contributed by atoms with Crippen molar-refractivity contribution in [3.63, 3.8) is 0 Å². The zero-order valence-corrected chi connectivity index (χ0v) is 12.3. The Bertz CT molecular complexity index is 563. The minimum atomic E-state index is -0.415. The molecule has 100 valence electrons. The average Bonchev–Trinajstić information content (AvgIpc) is 2.27. The zero-order chi connectivity index (χ0) is 14.2. The number of rotatable bonds is 2. The van der Waals surface area contributed by atoms with E-state index in [1.54, 1.807) is 12.1 Å². The highest BCUT2D eigenvalue weighted by Gasteiger charge is 2.32. The van der Waals surface area contributed by atoms with Crippen LogP contribution in [0.1, 0.15) is 32.8 Å². The van der Waals surface area contributed by atoms with Crippen molar-refractivity contribution >= 4 is 24.6 Å². The Morgan fingerprint density at radius 3 is 2.74 bits per heavy atom. The topological polar surface area (TPSA) is 17.1 Å². The van der Waals surface area contributed by atoms with Crippen molar-refractivity contribution in [1.29, 1.82) is 0 Å². The minimum absolute atomic E-state index is 0.0115. The largest absolute Gasteiger partial charge is 0.307 e. The summed E-state index contributed by atoms with van der Waals surface area (Å²) < 4.78 is 13.9. The molecule has 1 nitrogen and oxygen atoms in total. The van der Waals surface area contributed by atoms with Crippen LogP contribution in [0.3, 0.4) is 0 Å². The van der Waals surface area contributed by atoms with E-state index in [9.17, 15) is 9.18 Å². The van der Waals surface area contributed by atoms with Crippen LogP contribution in [0.4, 0.5) is 4.39 Å². The molecular weight excluding hydrogens is 261 g/mol. The molecule has 1 aromatic carbocycles. The van der Waals surface area contributed by atoms with Crippen molar-refractivity contribution in [3.05, 3.63) is 45.7 Å². The van der Waals surface area contributed by atoms with Crippen LogP contribution >= 0.6 is 11.6 Å². The first-order valence-corrected chi connectivity index (χ1v) is 6.83. The van der Waals surface area contributed by atoms with Crippen LogP contribution in [-0.2, 0) is 11.2 Å². The Hall–Kier alpha value is -1.09. The summed E-state index contributed by atoms with van der Waals surface area (Å²) in [6.07, 6.45) is 1.23. The van der Waals surface area contributed by atoms with Crippen LogP contribution in [0.25, 0.3) is 0 Å². The number of carbonyl (C=O) groups is 1. The van der Waals surface area contributed by atoms with Crippen LogP contribution in [0.15, 0.2) is 29.3 Å². The molecular formula is C15H17BClFO. The van der Waals surface area contributed by atoms with Gasteiger partial charge in [-0.2, -0.15) is 0 Å². The molecule has 0 saturated carbocycles. The highest BCUT2D eigenvalue weighted by atomic mass is 35.5. The van der Waals surface area contributed by atoms with Crippen molar-refractivity contribution in [2.45, 2.75) is 38.9 Å². The first-order valence-electron chi connectivity index (χ1n) is 6.45. The second-order valence-electron chi connectivity index (χ2n) is 6.09. The van der Waals surface area contributed by atoms with E-state index in [4.69, 9.17) is 11.6 Å². The lowest BCUT2D eigenvalue weighted by Gasteiger charge is -2.30. The fourth-order valence-corrected chi connectivity index (χ4v) is 2.99. The van der Waals surface area contributed by atoms with E-state index < -0.39 is 5.82 Å². The smallest absolute Gasteiger partial charge is 0.217 e. The van der Waals surface area contributed by atoms with Gasteiger partial charge in [0.1, 0.15) is 11.5 Å². The standard InChI is InChI=1S/C15H17BClFO/c1-9-8-15(2,3)16-14(19)11(9)7-10-5-4-6-12(17)13(10)18/h4-6,16H,7-8H2,1-3H3. The van der Waals surface area contributed by atoms with Crippen molar-refractivity contribution in [1.82, 2.24) is 0 Å². The number of benzene rings is 1. The average molecular weight is 279 g/mol. The second-order valence-corrected chi connectivity index (χ2v) is 6.50. The summed E-state index contributed by atoms with van der Waals surface area (Å²) in [5, 5.41) is 0.122. The van der Waals surface area contributed by atoms with Gasteiger partial charge in [0.2, 0.25) is 7.28 Å². The van der Waals surface area contributed by atoms with Gasteiger partial charge in [-0.15, -0.1) is 0 Å². The maximum Gasteiger partial charge on any atom is 0.217 e. The summed E-state index contributed by atoms with van der Waals surface area (Å²) in [5.74, 6) is -0.415. The van der Waals surface area contributed by atoms with E-state index >= 15 is 0 Å². The monoisotopic (exact) mass is 278 g/mol. The summed E-state index contributed by atoms with van der Waals surface area (Å²) in [6.45, 7) is 6.15. The zero-order valence-electron chi connectivity index (χ0n) is 11.5. The predicted octanol–water partition coefficient (Wildman–Crippen LogP) is 3.90. The molecule has 1 aliphatic rings. The minimum Gasteiger partial charge on any atom is -0.307 e. The van der Waals surface area contributed by atoms with Gasteiger partial charge in [0, 0.05) is 6.42 Å². The van der Waals surface area contributed by atoms with Gasteiger partial charge in [0.15, 0.2) is 0 Å². The molecule has 0 N–H and O–H groups in total. The van der Waals surface area contributed by atoms with Gasteiger partial charge in [-0.25, -0.2) is 4.39 Å². The molecule has 0 bridgehead atoms. The third-order valence-electron chi connectivity index (χ3n) is 3.63. The van der Waals surface area contributed by atoms with Crippen LogP contribution in [-0.4, -0.2) is 13.0 Å². The molecule has 1 aromatic rings. The fourth-order valence-electron chi connectivity index (χ4n) is 2.79. The van der Waals surface area contributed by atoms with E-state index in [-0.39, 0.29) is 16.0 Å². The van der Waals surface area contributed by atoms with E-state index in [2.05, 4.69) is 13.8 Å². The normalized spacial score (nSPS) is 18.5. The van der Waals surface area contributed by atoms with Crippen molar-refractivity contribution in [3.8, 4) is 0 Å². The van der Waals surface area contributed by atoms with Gasteiger partial charge in [0.25, 0.3) is 0 Å². The molecule has 0 saturated heterocycles. The van der Waals surface area contributed by atoms with Crippen molar-refractivity contribution in [2.75, 3.05) is 0 Å². The molecule has 0 atom stereocenters. The van der Waals surface area contributed by atoms with Gasteiger partial charge >= 0.3 is 0 Å². The van der Waals surface area contributed by atoms with Crippen molar-refractivity contribution in [2.24, 2.45) is 0 Å². The predicted molar refractivity (Wildman–Crippen MR) is 78.6 cm³/mol. The Kier molecular flexibility index (Phi) is 3.86. The molecule has 1 aliphatic heterocycles. The molecule has 19 heavy (non-hydrogen) atoms. The molecule has 0 fully saturated rings. The Morgan fingerprint density at radius 1 is 1.42 bits per heavy atom. The molecule has 0 amide bonds. The number of allylic oxidation sites excluding steroid dienone is 2. The molecule has 0 radical (unpaired) electrons. The molecule has 0 spiro atoms. The fraction of sp³-hybridized carbons (Fsp3) is 0.400. The highest BCUT2D eigenvalue weighted by molar-refractivity contribution is 6.80. The summed E-state index contributed by atoms with van der Waals surface area (Å²) in [6, 6.07) is 4.93. The molecule has 4 heteroatoms. The third kappa shape index (κ3) is 3.09. The third-order valence-corrected chi connectivity index (χ3v) is 3.93. The second kappa shape index (κ2) is 5.12. The van der Waals surface area contributed by atoms with Crippen molar-refractivity contribution < 1.29 is 9.18 Å². The summed E-state index contributed by atoms with van der Waals surface area (Å²) >= 11 is 5.77. The van der Waals surface area contributed by atoms with Crippen LogP contribution < -0.4 is 0 Å². The van der Waals surface area contributed by atoms with Crippen LogP contribution in [0.5, 0.6) is 0 Å². The quantitative estimate of drug-likeness (QED) is 0.750. The molecule has 0 aromatic heterocycles. The molecule has 0 aliphatic carbocycles. The number of carbonyl (C=O) groups excluding carboxylic acids is 1. The van der Waals surface area contributed by atoms with Gasteiger partial charge in [-0.3, -0.25) is 0 Å². The van der Waals surface area contributed by atoms with E-state index in [1.807, 2.05) is 6.92 Å². The Labute approximate surface area is 119 Å². The molecule has 1 heterocycles. The van der Waals surface area contributed by atoms with Gasteiger partial charge in [-0.05, 0) is 35.9 Å². The first kappa shape index (κ1) is 14.3. The van der Waals surface area contributed by atoms with Crippen LogP contribution in [0, 0.1) is 5.82 Å². The van der Waals surface area contributed by atoms with Gasteiger partial charge in [0.05, 0.1) is 5.02 Å². The van der Waals surface area contributed by atoms with Gasteiger partial charge < -0.3 is 4.79 Å². The lowest BCUT2D eigenvalue weighted by Crippen LogP contribution is -2.30. The lowest BCUT2D eigenvalue weighted by atomic mass is 9.45. The van der Waals surface area contributed by atoms with E-state index in [0.717, 1.165) is 17.6 Å². The molecule has 0 unspecified atom stereocenters.